The molecule has 122 valence electrons. The second-order valence-electron chi connectivity index (χ2n) is 5.21. The second kappa shape index (κ2) is 8.22. The Morgan fingerprint density at radius 3 is 2.26 bits per heavy atom. The van der Waals surface area contributed by atoms with Crippen LogP contribution in [0.15, 0.2) is 48.5 Å². The van der Waals surface area contributed by atoms with Crippen LogP contribution in [0.1, 0.15) is 25.8 Å². The van der Waals surface area contributed by atoms with Crippen LogP contribution < -0.4 is 14.8 Å². The zero-order valence-electron chi connectivity index (χ0n) is 13.8. The van der Waals surface area contributed by atoms with Crippen LogP contribution in [0.25, 0.3) is 0 Å². The molecule has 2 aromatic carbocycles. The average molecular weight is 313 g/mol. The van der Waals surface area contributed by atoms with Gasteiger partial charge in [0.1, 0.15) is 0 Å². The molecule has 2 aromatic rings. The van der Waals surface area contributed by atoms with Gasteiger partial charge in [-0.25, -0.2) is 0 Å². The molecule has 0 saturated carbocycles. The molecule has 0 heterocycles. The van der Waals surface area contributed by atoms with E-state index in [2.05, 4.69) is 12.2 Å². The molecule has 1 amide bonds. The first-order chi connectivity index (χ1) is 11.2. The van der Waals surface area contributed by atoms with E-state index in [1.54, 1.807) is 13.2 Å². The van der Waals surface area contributed by atoms with Crippen molar-refractivity contribution in [3.05, 3.63) is 54.1 Å². The molecule has 0 aliphatic heterocycles. The lowest BCUT2D eigenvalue weighted by Gasteiger charge is -2.19. The molecule has 0 unspecified atom stereocenters. The number of para-hydroxylation sites is 2. The molecule has 2 rings (SSSR count). The number of hydrogen-bond donors (Lipinski definition) is 1. The summed E-state index contributed by atoms with van der Waals surface area (Å²) in [5.41, 5.74) is 2.01. The van der Waals surface area contributed by atoms with E-state index in [-0.39, 0.29) is 5.91 Å². The maximum absolute atomic E-state index is 12.4. The molecule has 0 aliphatic carbocycles. The van der Waals surface area contributed by atoms with E-state index in [9.17, 15) is 4.79 Å². The van der Waals surface area contributed by atoms with Crippen LogP contribution >= 0.6 is 0 Å². The summed E-state index contributed by atoms with van der Waals surface area (Å²) in [4.78, 5) is 12.4. The standard InChI is InChI=1S/C19H23NO3/c1-4-14-10-12-15(13-11-14)20-19(21)16(5-2)23-18-9-7-6-8-17(18)22-3/h6-13,16H,4-5H2,1-3H3,(H,20,21)/t16-/m0/s1. The summed E-state index contributed by atoms with van der Waals surface area (Å²) >= 11 is 0. The van der Waals surface area contributed by atoms with Crippen LogP contribution in [-0.4, -0.2) is 19.1 Å². The van der Waals surface area contributed by atoms with Crippen LogP contribution in [0.4, 0.5) is 5.69 Å². The van der Waals surface area contributed by atoms with Gasteiger partial charge in [-0.2, -0.15) is 0 Å². The summed E-state index contributed by atoms with van der Waals surface area (Å²) in [6.45, 7) is 4.02. The van der Waals surface area contributed by atoms with Gasteiger partial charge in [0.05, 0.1) is 7.11 Å². The number of ether oxygens (including phenoxy) is 2. The number of rotatable bonds is 7. The van der Waals surface area contributed by atoms with E-state index in [0.717, 1.165) is 12.1 Å². The average Bonchev–Trinajstić information content (AvgIpc) is 2.60. The lowest BCUT2D eigenvalue weighted by molar-refractivity contribution is -0.122. The molecule has 0 spiro atoms. The Morgan fingerprint density at radius 2 is 1.70 bits per heavy atom. The van der Waals surface area contributed by atoms with Gasteiger partial charge in [-0.3, -0.25) is 4.79 Å². The quantitative estimate of drug-likeness (QED) is 0.838. The summed E-state index contributed by atoms with van der Waals surface area (Å²) in [6.07, 6.45) is 0.969. The van der Waals surface area contributed by atoms with Crippen LogP contribution in [-0.2, 0) is 11.2 Å². The van der Waals surface area contributed by atoms with Crippen LogP contribution in [0, 0.1) is 0 Å². The number of amides is 1. The van der Waals surface area contributed by atoms with Crippen LogP contribution in [0.2, 0.25) is 0 Å². The van der Waals surface area contributed by atoms with E-state index >= 15 is 0 Å². The first-order valence-electron chi connectivity index (χ1n) is 7.87. The molecule has 1 N–H and O–H groups in total. The fraction of sp³-hybridized carbons (Fsp3) is 0.316. The van der Waals surface area contributed by atoms with Crippen molar-refractivity contribution in [3.8, 4) is 11.5 Å². The molecule has 0 radical (unpaired) electrons. The van der Waals surface area contributed by atoms with E-state index in [4.69, 9.17) is 9.47 Å². The summed E-state index contributed by atoms with van der Waals surface area (Å²) in [7, 11) is 1.58. The number of anilines is 1. The van der Waals surface area contributed by atoms with E-state index < -0.39 is 6.10 Å². The summed E-state index contributed by atoms with van der Waals surface area (Å²) in [6, 6.07) is 15.2. The lowest BCUT2D eigenvalue weighted by atomic mass is 10.1. The van der Waals surface area contributed by atoms with Gasteiger partial charge in [-0.1, -0.05) is 38.1 Å². The Labute approximate surface area is 137 Å². The predicted octanol–water partition coefficient (Wildman–Crippen LogP) is 4.05. The van der Waals surface area contributed by atoms with Crippen molar-refractivity contribution in [2.24, 2.45) is 0 Å². The van der Waals surface area contributed by atoms with Crippen LogP contribution in [0.3, 0.4) is 0 Å². The highest BCUT2D eigenvalue weighted by atomic mass is 16.5. The summed E-state index contributed by atoms with van der Waals surface area (Å²) < 4.78 is 11.1. The number of methoxy groups -OCH3 is 1. The molecule has 0 saturated heterocycles. The third kappa shape index (κ3) is 4.49. The first-order valence-corrected chi connectivity index (χ1v) is 7.87. The van der Waals surface area contributed by atoms with E-state index in [1.807, 2.05) is 49.4 Å². The highest BCUT2D eigenvalue weighted by Crippen LogP contribution is 2.27. The fourth-order valence-electron chi connectivity index (χ4n) is 2.24. The third-order valence-corrected chi connectivity index (χ3v) is 3.63. The van der Waals surface area contributed by atoms with Crippen molar-refractivity contribution in [2.45, 2.75) is 32.8 Å². The third-order valence-electron chi connectivity index (χ3n) is 3.63. The van der Waals surface area contributed by atoms with Gasteiger partial charge in [-0.15, -0.1) is 0 Å². The molecule has 0 bridgehead atoms. The lowest BCUT2D eigenvalue weighted by Crippen LogP contribution is -2.32. The smallest absolute Gasteiger partial charge is 0.265 e. The number of benzene rings is 2. The number of carbonyl (C=O) groups is 1. The topological polar surface area (TPSA) is 47.6 Å². The second-order valence-corrected chi connectivity index (χ2v) is 5.21. The van der Waals surface area contributed by atoms with Crippen molar-refractivity contribution < 1.29 is 14.3 Å². The van der Waals surface area contributed by atoms with Crippen molar-refractivity contribution in [2.75, 3.05) is 12.4 Å². The van der Waals surface area contributed by atoms with Crippen molar-refractivity contribution in [3.63, 3.8) is 0 Å². The first kappa shape index (κ1) is 16.9. The number of nitrogens with one attached hydrogen (secondary N) is 1. The largest absolute Gasteiger partial charge is 0.493 e. The molecular formula is C19H23NO3. The highest BCUT2D eigenvalue weighted by Gasteiger charge is 2.20. The van der Waals surface area contributed by atoms with Gasteiger partial charge < -0.3 is 14.8 Å². The van der Waals surface area contributed by atoms with Crippen molar-refractivity contribution in [1.29, 1.82) is 0 Å². The maximum Gasteiger partial charge on any atom is 0.265 e. The Bertz CT molecular complexity index is 637. The highest BCUT2D eigenvalue weighted by molar-refractivity contribution is 5.94. The normalized spacial score (nSPS) is 11.6. The van der Waals surface area contributed by atoms with Crippen molar-refractivity contribution in [1.82, 2.24) is 0 Å². The molecule has 1 atom stereocenters. The molecule has 0 aromatic heterocycles. The van der Waals surface area contributed by atoms with Crippen molar-refractivity contribution >= 4 is 11.6 Å². The fourth-order valence-corrected chi connectivity index (χ4v) is 2.24. The zero-order valence-corrected chi connectivity index (χ0v) is 13.8. The SMILES string of the molecule is CCc1ccc(NC(=O)[C@H](CC)Oc2ccccc2OC)cc1. The maximum atomic E-state index is 12.4. The van der Waals surface area contributed by atoms with E-state index in [1.165, 1.54) is 5.56 Å². The van der Waals surface area contributed by atoms with Gasteiger partial charge in [0, 0.05) is 5.69 Å². The Hall–Kier alpha value is -2.49. The van der Waals surface area contributed by atoms with E-state index in [0.29, 0.717) is 17.9 Å². The summed E-state index contributed by atoms with van der Waals surface area (Å²) in [5.74, 6) is 1.02. The van der Waals surface area contributed by atoms with Gasteiger partial charge >= 0.3 is 0 Å². The number of hydrogen-bond acceptors (Lipinski definition) is 3. The minimum atomic E-state index is -0.572. The van der Waals surface area contributed by atoms with Gasteiger partial charge in [0.15, 0.2) is 17.6 Å². The Morgan fingerprint density at radius 1 is 1.04 bits per heavy atom. The molecular weight excluding hydrogens is 290 g/mol. The van der Waals surface area contributed by atoms with Gasteiger partial charge in [0.2, 0.25) is 0 Å². The molecule has 0 aliphatic rings. The predicted molar refractivity (Wildman–Crippen MR) is 92.2 cm³/mol. The monoisotopic (exact) mass is 313 g/mol. The van der Waals surface area contributed by atoms with Gasteiger partial charge in [-0.05, 0) is 42.7 Å². The zero-order chi connectivity index (χ0) is 16.7. The van der Waals surface area contributed by atoms with Gasteiger partial charge in [0.25, 0.3) is 5.91 Å². The Balaban J connectivity index is 2.05. The number of aryl methyl sites for hydroxylation is 1. The molecule has 4 nitrogen and oxygen atoms in total. The molecule has 0 fully saturated rings. The molecule has 23 heavy (non-hydrogen) atoms. The van der Waals surface area contributed by atoms with Crippen LogP contribution in [0.5, 0.6) is 11.5 Å². The summed E-state index contributed by atoms with van der Waals surface area (Å²) in [5, 5.41) is 2.90. The minimum absolute atomic E-state index is 0.164. The minimum Gasteiger partial charge on any atom is -0.493 e. The number of carbonyl (C=O) groups excluding carboxylic acids is 1. The Kier molecular flexibility index (Phi) is 6.03. The molecule has 4 heteroatoms.